The molecule has 0 fully saturated rings. The van der Waals surface area contributed by atoms with Gasteiger partial charge in [-0.3, -0.25) is 9.36 Å². The van der Waals surface area contributed by atoms with Crippen LogP contribution in [0.2, 0.25) is 0 Å². The summed E-state index contributed by atoms with van der Waals surface area (Å²) in [5.41, 5.74) is 1.47. The Balaban J connectivity index is 1.98. The number of benzene rings is 1. The first-order chi connectivity index (χ1) is 17.7. The highest BCUT2D eigenvalue weighted by molar-refractivity contribution is 9.11. The lowest BCUT2D eigenvalue weighted by Crippen LogP contribution is -2.40. The van der Waals surface area contributed by atoms with Crippen LogP contribution >= 0.6 is 43.2 Å². The number of rotatable bonds is 8. The molecule has 1 atom stereocenters. The number of aromatic nitrogens is 1. The van der Waals surface area contributed by atoms with Crippen molar-refractivity contribution >= 4 is 61.1 Å². The SMILES string of the molecule is CCCC1=C(C(=O)OCC)[C@@H](c2ccc(OC)c(Br)c2)n2c(s/c(=C/c3cc(Br)c(N(C)C)o3)c2=O)=N1. The first-order valence-corrected chi connectivity index (χ1v) is 14.1. The number of esters is 1. The average molecular weight is 653 g/mol. The van der Waals surface area contributed by atoms with Gasteiger partial charge in [0, 0.05) is 26.2 Å². The summed E-state index contributed by atoms with van der Waals surface area (Å²) >= 11 is 8.31. The number of anilines is 1. The highest BCUT2D eigenvalue weighted by Crippen LogP contribution is 2.36. The second kappa shape index (κ2) is 11.4. The molecule has 4 rings (SSSR count). The Bertz CT molecular complexity index is 1550. The lowest BCUT2D eigenvalue weighted by atomic mass is 9.94. The second-order valence-electron chi connectivity index (χ2n) is 8.50. The van der Waals surface area contributed by atoms with E-state index in [4.69, 9.17) is 18.9 Å². The zero-order valence-electron chi connectivity index (χ0n) is 21.1. The maximum absolute atomic E-state index is 13.8. The number of hydrogen-bond acceptors (Lipinski definition) is 8. The normalized spacial score (nSPS) is 15.4. The lowest BCUT2D eigenvalue weighted by molar-refractivity contribution is -0.139. The van der Waals surface area contributed by atoms with Gasteiger partial charge in [0.15, 0.2) is 4.80 Å². The molecule has 0 aliphatic carbocycles. The fourth-order valence-electron chi connectivity index (χ4n) is 4.17. The smallest absolute Gasteiger partial charge is 0.338 e. The van der Waals surface area contributed by atoms with E-state index in [0.717, 1.165) is 16.5 Å². The maximum atomic E-state index is 13.8. The van der Waals surface area contributed by atoms with E-state index < -0.39 is 12.0 Å². The van der Waals surface area contributed by atoms with Gasteiger partial charge in [0.1, 0.15) is 11.5 Å². The lowest BCUT2D eigenvalue weighted by Gasteiger charge is -2.26. The third-order valence-electron chi connectivity index (χ3n) is 5.75. The Labute approximate surface area is 235 Å². The first-order valence-electron chi connectivity index (χ1n) is 11.7. The van der Waals surface area contributed by atoms with Gasteiger partial charge >= 0.3 is 5.97 Å². The van der Waals surface area contributed by atoms with E-state index in [2.05, 4.69) is 31.9 Å². The number of carbonyl (C=O) groups is 1. The van der Waals surface area contributed by atoms with Gasteiger partial charge in [-0.1, -0.05) is 30.7 Å². The molecule has 0 saturated heterocycles. The van der Waals surface area contributed by atoms with Crippen molar-refractivity contribution in [2.45, 2.75) is 32.7 Å². The van der Waals surface area contributed by atoms with Crippen LogP contribution in [0.15, 0.2) is 58.7 Å². The van der Waals surface area contributed by atoms with Crippen LogP contribution < -0.4 is 24.5 Å². The molecule has 0 unspecified atom stereocenters. The molecule has 11 heteroatoms. The predicted molar refractivity (Wildman–Crippen MR) is 151 cm³/mol. The standard InChI is InChI=1S/C26H27Br2N3O5S/c1-6-8-18-21(25(33)35-7-2)22(14-9-10-19(34-5)16(27)11-14)31-23(32)20(37-26(31)29-18)13-15-12-17(28)24(36-15)30(3)4/h9-13,22H,6-8H2,1-5H3/b20-13+/t22-/m1/s1. The van der Waals surface area contributed by atoms with Crippen molar-refractivity contribution < 1.29 is 18.7 Å². The molecule has 2 aromatic heterocycles. The summed E-state index contributed by atoms with van der Waals surface area (Å²) in [6.07, 6.45) is 3.06. The van der Waals surface area contributed by atoms with Crippen molar-refractivity contribution in [3.63, 3.8) is 0 Å². The fourth-order valence-corrected chi connectivity index (χ4v) is 6.39. The number of fused-ring (bicyclic) bond motifs is 1. The first kappa shape index (κ1) is 27.4. The molecule has 0 N–H and O–H groups in total. The van der Waals surface area contributed by atoms with Gasteiger partial charge < -0.3 is 18.8 Å². The molecule has 0 saturated carbocycles. The number of halogens is 2. The van der Waals surface area contributed by atoms with E-state index in [-0.39, 0.29) is 12.2 Å². The molecular formula is C26H27Br2N3O5S. The number of allylic oxidation sites excluding steroid dienone is 1. The van der Waals surface area contributed by atoms with Gasteiger partial charge in [0.25, 0.3) is 5.56 Å². The largest absolute Gasteiger partial charge is 0.496 e. The molecule has 0 spiro atoms. The van der Waals surface area contributed by atoms with Gasteiger partial charge in [0.2, 0.25) is 5.88 Å². The Hall–Kier alpha value is -2.63. The minimum atomic E-state index is -0.707. The molecule has 196 valence electrons. The van der Waals surface area contributed by atoms with Crippen LogP contribution in [0.4, 0.5) is 5.88 Å². The van der Waals surface area contributed by atoms with Crippen molar-refractivity contribution in [3.05, 3.63) is 75.5 Å². The van der Waals surface area contributed by atoms with Gasteiger partial charge in [-0.05, 0) is 62.9 Å². The summed E-state index contributed by atoms with van der Waals surface area (Å²) in [5, 5.41) is 0. The van der Waals surface area contributed by atoms with E-state index >= 15 is 0 Å². The van der Waals surface area contributed by atoms with Gasteiger partial charge in [-0.25, -0.2) is 9.79 Å². The number of methoxy groups -OCH3 is 1. The quantitative estimate of drug-likeness (QED) is 0.326. The van der Waals surface area contributed by atoms with E-state index in [1.165, 1.54) is 11.3 Å². The van der Waals surface area contributed by atoms with Gasteiger partial charge in [-0.2, -0.15) is 0 Å². The van der Waals surface area contributed by atoms with Crippen LogP contribution in [0.5, 0.6) is 5.75 Å². The van der Waals surface area contributed by atoms with Crippen LogP contribution in [0.1, 0.15) is 44.1 Å². The Morgan fingerprint density at radius 2 is 2.00 bits per heavy atom. The second-order valence-corrected chi connectivity index (χ2v) is 11.2. The van der Waals surface area contributed by atoms with Crippen molar-refractivity contribution in [2.75, 3.05) is 32.7 Å². The molecular weight excluding hydrogens is 626 g/mol. The van der Waals surface area contributed by atoms with Crippen LogP contribution in [0.25, 0.3) is 6.08 Å². The Kier molecular flexibility index (Phi) is 8.45. The summed E-state index contributed by atoms with van der Waals surface area (Å²) in [6, 6.07) is 6.63. The van der Waals surface area contributed by atoms with E-state index in [9.17, 15) is 9.59 Å². The number of ether oxygens (including phenoxy) is 2. The number of carbonyl (C=O) groups excluding carboxylic acids is 1. The molecule has 1 aliphatic heterocycles. The summed E-state index contributed by atoms with van der Waals surface area (Å²) < 4.78 is 20.3. The van der Waals surface area contributed by atoms with Crippen LogP contribution in [0.3, 0.4) is 0 Å². The highest BCUT2D eigenvalue weighted by Gasteiger charge is 2.34. The van der Waals surface area contributed by atoms with Crippen molar-refractivity contribution in [2.24, 2.45) is 4.99 Å². The van der Waals surface area contributed by atoms with Crippen LogP contribution in [-0.4, -0.2) is 38.3 Å². The maximum Gasteiger partial charge on any atom is 0.338 e. The molecule has 37 heavy (non-hydrogen) atoms. The molecule has 0 bridgehead atoms. The Morgan fingerprint density at radius 1 is 1.24 bits per heavy atom. The third-order valence-corrected chi connectivity index (χ3v) is 7.92. The topological polar surface area (TPSA) is 86.3 Å². The number of nitrogens with zero attached hydrogens (tertiary/aromatic N) is 3. The van der Waals surface area contributed by atoms with Crippen LogP contribution in [-0.2, 0) is 9.53 Å². The zero-order valence-corrected chi connectivity index (χ0v) is 25.1. The molecule has 3 heterocycles. The van der Waals surface area contributed by atoms with Crippen molar-refractivity contribution in [3.8, 4) is 5.75 Å². The van der Waals surface area contributed by atoms with Gasteiger partial charge in [-0.15, -0.1) is 0 Å². The summed E-state index contributed by atoms with van der Waals surface area (Å²) in [4.78, 5) is 34.2. The molecule has 0 radical (unpaired) electrons. The summed E-state index contributed by atoms with van der Waals surface area (Å²) in [7, 11) is 5.33. The van der Waals surface area contributed by atoms with E-state index in [1.807, 2.05) is 44.1 Å². The predicted octanol–water partition coefficient (Wildman–Crippen LogP) is 4.77. The van der Waals surface area contributed by atoms with E-state index in [1.54, 1.807) is 30.7 Å². The minimum absolute atomic E-state index is 0.215. The van der Waals surface area contributed by atoms with Gasteiger partial charge in [0.05, 0.1) is 44.5 Å². The molecule has 3 aromatic rings. The molecule has 1 aliphatic rings. The number of hydrogen-bond donors (Lipinski definition) is 0. The zero-order chi connectivity index (χ0) is 26.9. The molecule has 1 aromatic carbocycles. The van der Waals surface area contributed by atoms with Crippen LogP contribution in [0, 0.1) is 0 Å². The third kappa shape index (κ3) is 5.35. The Morgan fingerprint density at radius 3 is 2.59 bits per heavy atom. The monoisotopic (exact) mass is 651 g/mol. The average Bonchev–Trinajstić information content (AvgIpc) is 3.37. The van der Waals surface area contributed by atoms with Crippen molar-refractivity contribution in [1.29, 1.82) is 0 Å². The number of thiazole rings is 1. The number of furan rings is 1. The summed E-state index contributed by atoms with van der Waals surface area (Å²) in [5.74, 6) is 1.34. The van der Waals surface area contributed by atoms with E-state index in [0.29, 0.717) is 48.9 Å². The fraction of sp³-hybridized carbons (Fsp3) is 0.346. The molecule has 8 nitrogen and oxygen atoms in total. The summed E-state index contributed by atoms with van der Waals surface area (Å²) in [6.45, 7) is 4.00. The highest BCUT2D eigenvalue weighted by atomic mass is 79.9. The minimum Gasteiger partial charge on any atom is -0.496 e. The van der Waals surface area contributed by atoms with Crippen molar-refractivity contribution in [1.82, 2.24) is 4.57 Å². The molecule has 0 amide bonds.